The summed E-state index contributed by atoms with van der Waals surface area (Å²) in [6, 6.07) is 14.7. The molecule has 0 amide bonds. The Kier molecular flexibility index (Phi) is 7.03. The fourth-order valence-corrected chi connectivity index (χ4v) is 3.59. The van der Waals surface area contributed by atoms with E-state index in [9.17, 15) is 0 Å². The van der Waals surface area contributed by atoms with Gasteiger partial charge in [0, 0.05) is 42.9 Å². The highest BCUT2D eigenvalue weighted by atomic mass is 79.9. The van der Waals surface area contributed by atoms with Crippen molar-refractivity contribution in [2.24, 2.45) is 4.99 Å². The molecule has 0 bridgehead atoms. The number of benzene rings is 2. The van der Waals surface area contributed by atoms with E-state index in [4.69, 9.17) is 9.47 Å². The number of hydrogen-bond donors (Lipinski definition) is 2. The van der Waals surface area contributed by atoms with Crippen LogP contribution in [0.15, 0.2) is 51.9 Å². The number of anilines is 1. The summed E-state index contributed by atoms with van der Waals surface area (Å²) in [5, 5.41) is 6.91. The molecule has 2 aromatic carbocycles. The van der Waals surface area contributed by atoms with Crippen molar-refractivity contribution in [1.29, 1.82) is 0 Å². The van der Waals surface area contributed by atoms with Crippen molar-refractivity contribution in [2.45, 2.75) is 19.0 Å². The quantitative estimate of drug-likeness (QED) is 0.525. The SMILES string of the molecule is CN=C(NCc1ccc(OC)c(OC)c1)NC1CCN(c2ccc(Br)cc2)C1. The van der Waals surface area contributed by atoms with Gasteiger partial charge in [-0.25, -0.2) is 0 Å². The lowest BCUT2D eigenvalue weighted by molar-refractivity contribution is 0.354. The second kappa shape index (κ2) is 9.68. The van der Waals surface area contributed by atoms with Crippen LogP contribution in [0.3, 0.4) is 0 Å². The molecule has 1 aliphatic heterocycles. The molecule has 1 aliphatic rings. The summed E-state index contributed by atoms with van der Waals surface area (Å²) in [5.41, 5.74) is 2.35. The van der Waals surface area contributed by atoms with Crippen molar-refractivity contribution in [3.8, 4) is 11.5 Å². The molecule has 0 aliphatic carbocycles. The molecule has 1 atom stereocenters. The smallest absolute Gasteiger partial charge is 0.191 e. The van der Waals surface area contributed by atoms with Gasteiger partial charge in [0.2, 0.25) is 0 Å². The third kappa shape index (κ3) is 5.10. The molecule has 0 radical (unpaired) electrons. The number of nitrogens with zero attached hydrogens (tertiary/aromatic N) is 2. The summed E-state index contributed by atoms with van der Waals surface area (Å²) in [7, 11) is 5.08. The van der Waals surface area contributed by atoms with E-state index in [-0.39, 0.29) is 0 Å². The molecule has 1 fully saturated rings. The topological polar surface area (TPSA) is 58.1 Å². The Hall–Kier alpha value is -2.41. The van der Waals surface area contributed by atoms with Gasteiger partial charge in [0.05, 0.1) is 14.2 Å². The van der Waals surface area contributed by atoms with Gasteiger partial charge in [-0.2, -0.15) is 0 Å². The molecule has 150 valence electrons. The van der Waals surface area contributed by atoms with Gasteiger partial charge in [-0.1, -0.05) is 22.0 Å². The number of halogens is 1. The van der Waals surface area contributed by atoms with Gasteiger partial charge in [-0.15, -0.1) is 0 Å². The molecule has 1 saturated heterocycles. The maximum Gasteiger partial charge on any atom is 0.191 e. The van der Waals surface area contributed by atoms with Crippen molar-refractivity contribution in [2.75, 3.05) is 39.3 Å². The third-order valence-electron chi connectivity index (χ3n) is 4.85. The van der Waals surface area contributed by atoms with Crippen LogP contribution in [-0.2, 0) is 6.54 Å². The molecule has 0 saturated carbocycles. The lowest BCUT2D eigenvalue weighted by atomic mass is 10.2. The van der Waals surface area contributed by atoms with Crippen molar-refractivity contribution in [1.82, 2.24) is 10.6 Å². The van der Waals surface area contributed by atoms with Crippen LogP contribution in [0.1, 0.15) is 12.0 Å². The summed E-state index contributed by atoms with van der Waals surface area (Å²) >= 11 is 3.49. The Morgan fingerprint density at radius 2 is 1.89 bits per heavy atom. The summed E-state index contributed by atoms with van der Waals surface area (Å²) < 4.78 is 11.8. The number of guanidine groups is 1. The fraction of sp³-hybridized carbons (Fsp3) is 0.381. The zero-order chi connectivity index (χ0) is 19.9. The minimum Gasteiger partial charge on any atom is -0.493 e. The fourth-order valence-electron chi connectivity index (χ4n) is 3.33. The largest absolute Gasteiger partial charge is 0.493 e. The minimum absolute atomic E-state index is 0.361. The second-order valence-electron chi connectivity index (χ2n) is 6.67. The monoisotopic (exact) mass is 446 g/mol. The van der Waals surface area contributed by atoms with Gasteiger partial charge in [0.25, 0.3) is 0 Å². The van der Waals surface area contributed by atoms with Crippen molar-refractivity contribution >= 4 is 27.6 Å². The van der Waals surface area contributed by atoms with Crippen LogP contribution in [0.4, 0.5) is 5.69 Å². The van der Waals surface area contributed by atoms with Crippen LogP contribution in [0, 0.1) is 0 Å². The molecule has 0 aromatic heterocycles. The number of rotatable bonds is 6. The van der Waals surface area contributed by atoms with Gasteiger partial charge in [0.1, 0.15) is 0 Å². The average Bonchev–Trinajstić information content (AvgIpc) is 3.19. The van der Waals surface area contributed by atoms with Crippen LogP contribution in [0.2, 0.25) is 0 Å². The van der Waals surface area contributed by atoms with Crippen molar-refractivity contribution in [3.63, 3.8) is 0 Å². The molecular formula is C21H27BrN4O2. The van der Waals surface area contributed by atoms with Crippen molar-refractivity contribution in [3.05, 3.63) is 52.5 Å². The number of ether oxygens (including phenoxy) is 2. The van der Waals surface area contributed by atoms with Gasteiger partial charge in [-0.3, -0.25) is 4.99 Å². The van der Waals surface area contributed by atoms with Gasteiger partial charge >= 0.3 is 0 Å². The first-order valence-electron chi connectivity index (χ1n) is 9.31. The van der Waals surface area contributed by atoms with E-state index in [1.54, 1.807) is 21.3 Å². The third-order valence-corrected chi connectivity index (χ3v) is 5.38. The molecule has 2 aromatic rings. The van der Waals surface area contributed by atoms with Crippen molar-refractivity contribution < 1.29 is 9.47 Å². The molecule has 1 unspecified atom stereocenters. The Morgan fingerprint density at radius 3 is 2.57 bits per heavy atom. The zero-order valence-electron chi connectivity index (χ0n) is 16.5. The zero-order valence-corrected chi connectivity index (χ0v) is 18.1. The molecule has 3 rings (SSSR count). The molecular weight excluding hydrogens is 420 g/mol. The maximum absolute atomic E-state index is 5.37. The van der Waals surface area contributed by atoms with Crippen LogP contribution in [0.25, 0.3) is 0 Å². The Labute approximate surface area is 175 Å². The second-order valence-corrected chi connectivity index (χ2v) is 7.58. The lowest BCUT2D eigenvalue weighted by Gasteiger charge is -2.20. The first kappa shape index (κ1) is 20.3. The summed E-state index contributed by atoms with van der Waals surface area (Å²) in [4.78, 5) is 6.76. The predicted octanol–water partition coefficient (Wildman–Crippen LogP) is 3.41. The molecule has 0 spiro atoms. The molecule has 2 N–H and O–H groups in total. The maximum atomic E-state index is 5.37. The summed E-state index contributed by atoms with van der Waals surface area (Å²) in [6.45, 7) is 2.65. The minimum atomic E-state index is 0.361. The molecule has 28 heavy (non-hydrogen) atoms. The number of nitrogens with one attached hydrogen (secondary N) is 2. The van der Waals surface area contributed by atoms with Crippen LogP contribution in [0.5, 0.6) is 11.5 Å². The van der Waals surface area contributed by atoms with Crippen LogP contribution >= 0.6 is 15.9 Å². The van der Waals surface area contributed by atoms with E-state index in [0.29, 0.717) is 12.6 Å². The molecule has 6 nitrogen and oxygen atoms in total. The molecule has 7 heteroatoms. The normalized spacial score (nSPS) is 16.8. The van der Waals surface area contributed by atoms with Crippen LogP contribution < -0.4 is 25.0 Å². The van der Waals surface area contributed by atoms with E-state index in [2.05, 4.69) is 60.7 Å². The van der Waals surface area contributed by atoms with E-state index < -0.39 is 0 Å². The Morgan fingerprint density at radius 1 is 1.14 bits per heavy atom. The van der Waals surface area contributed by atoms with Crippen LogP contribution in [-0.4, -0.2) is 46.4 Å². The van der Waals surface area contributed by atoms with Gasteiger partial charge < -0.3 is 25.0 Å². The highest BCUT2D eigenvalue weighted by molar-refractivity contribution is 9.10. The van der Waals surface area contributed by atoms with E-state index >= 15 is 0 Å². The standard InChI is InChI=1S/C21H27BrN4O2/c1-23-21(24-13-15-4-9-19(27-2)20(12-15)28-3)25-17-10-11-26(14-17)18-7-5-16(22)6-8-18/h4-9,12,17H,10-11,13-14H2,1-3H3,(H2,23,24,25). The first-order valence-corrected chi connectivity index (χ1v) is 10.1. The van der Waals surface area contributed by atoms with E-state index in [0.717, 1.165) is 47.0 Å². The highest BCUT2D eigenvalue weighted by Gasteiger charge is 2.23. The first-order chi connectivity index (χ1) is 13.6. The Bertz CT molecular complexity index is 811. The van der Waals surface area contributed by atoms with Gasteiger partial charge in [-0.05, 0) is 48.4 Å². The highest BCUT2D eigenvalue weighted by Crippen LogP contribution is 2.27. The van der Waals surface area contributed by atoms with E-state index in [1.807, 2.05) is 18.2 Å². The summed E-state index contributed by atoms with van der Waals surface area (Å²) in [6.07, 6.45) is 1.08. The number of hydrogen-bond acceptors (Lipinski definition) is 4. The molecule has 1 heterocycles. The van der Waals surface area contributed by atoms with E-state index in [1.165, 1.54) is 5.69 Å². The summed E-state index contributed by atoms with van der Waals surface area (Å²) in [5.74, 6) is 2.26. The number of methoxy groups -OCH3 is 2. The number of aliphatic imine (C=N–C) groups is 1. The predicted molar refractivity (Wildman–Crippen MR) is 118 cm³/mol. The Balaban J connectivity index is 1.53. The average molecular weight is 447 g/mol. The van der Waals surface area contributed by atoms with Gasteiger partial charge in [0.15, 0.2) is 17.5 Å². The lowest BCUT2D eigenvalue weighted by Crippen LogP contribution is -2.44.